The van der Waals surface area contributed by atoms with E-state index in [0.717, 1.165) is 27.2 Å². The van der Waals surface area contributed by atoms with E-state index in [1.54, 1.807) is 0 Å². The van der Waals surface area contributed by atoms with Crippen LogP contribution in [-0.4, -0.2) is 6.21 Å². The van der Waals surface area contributed by atoms with Crippen LogP contribution in [0.15, 0.2) is 88.3 Å². The Balaban J connectivity index is 1.75. The average molecular weight is 352 g/mol. The van der Waals surface area contributed by atoms with Crippen molar-refractivity contribution >= 4 is 27.8 Å². The number of ether oxygens (including phenoxy) is 1. The largest absolute Gasteiger partial charge is 0.457 e. The van der Waals surface area contributed by atoms with Crippen molar-refractivity contribution in [2.75, 3.05) is 0 Å². The van der Waals surface area contributed by atoms with Crippen molar-refractivity contribution in [2.24, 2.45) is 4.99 Å². The lowest BCUT2D eigenvalue weighted by Gasteiger charge is -2.05. The summed E-state index contributed by atoms with van der Waals surface area (Å²) in [5.41, 5.74) is 1.91. The minimum absolute atomic E-state index is 0.797. The summed E-state index contributed by atoms with van der Waals surface area (Å²) in [6.07, 6.45) is 1.83. The van der Waals surface area contributed by atoms with Crippen LogP contribution in [0.1, 0.15) is 5.56 Å². The Labute approximate surface area is 138 Å². The molecule has 0 saturated heterocycles. The molecule has 3 aromatic carbocycles. The molecule has 0 fully saturated rings. The number of hydrogen-bond donors (Lipinski definition) is 0. The van der Waals surface area contributed by atoms with Crippen molar-refractivity contribution in [3.63, 3.8) is 0 Å². The summed E-state index contributed by atoms with van der Waals surface area (Å²) in [5, 5.41) is 0. The fraction of sp³-hybridized carbons (Fsp3) is 0. The summed E-state index contributed by atoms with van der Waals surface area (Å²) < 4.78 is 6.86. The number of rotatable bonds is 4. The maximum absolute atomic E-state index is 5.82. The first-order valence-corrected chi connectivity index (χ1v) is 7.71. The number of para-hydroxylation sites is 1. The molecule has 0 radical (unpaired) electrons. The molecule has 0 atom stereocenters. The first kappa shape index (κ1) is 14.5. The van der Waals surface area contributed by atoms with Gasteiger partial charge in [0.1, 0.15) is 11.5 Å². The van der Waals surface area contributed by atoms with Gasteiger partial charge in [0.25, 0.3) is 0 Å². The topological polar surface area (TPSA) is 21.6 Å². The number of halogens is 1. The van der Waals surface area contributed by atoms with Gasteiger partial charge in [-0.2, -0.15) is 0 Å². The zero-order valence-corrected chi connectivity index (χ0v) is 13.4. The SMILES string of the molecule is Brc1ccc(N=Cc2cccc(Oc3ccccc3)c2)cc1. The number of benzene rings is 3. The van der Waals surface area contributed by atoms with E-state index in [9.17, 15) is 0 Å². The second kappa shape index (κ2) is 7.05. The van der Waals surface area contributed by atoms with Crippen LogP contribution in [0.2, 0.25) is 0 Å². The van der Waals surface area contributed by atoms with Crippen LogP contribution in [0.3, 0.4) is 0 Å². The Bertz CT molecular complexity index is 767. The molecule has 0 aromatic heterocycles. The van der Waals surface area contributed by atoms with E-state index in [4.69, 9.17) is 4.74 Å². The fourth-order valence-electron chi connectivity index (χ4n) is 1.96. The van der Waals surface area contributed by atoms with Crippen molar-refractivity contribution in [1.82, 2.24) is 0 Å². The number of aliphatic imine (C=N–C) groups is 1. The lowest BCUT2D eigenvalue weighted by Crippen LogP contribution is -1.86. The highest BCUT2D eigenvalue weighted by Crippen LogP contribution is 2.22. The smallest absolute Gasteiger partial charge is 0.128 e. The second-order valence-corrected chi connectivity index (χ2v) is 5.64. The second-order valence-electron chi connectivity index (χ2n) is 4.72. The third-order valence-electron chi connectivity index (χ3n) is 3.03. The molecular weight excluding hydrogens is 338 g/mol. The maximum Gasteiger partial charge on any atom is 0.128 e. The molecule has 0 aliphatic carbocycles. The highest BCUT2D eigenvalue weighted by atomic mass is 79.9. The zero-order chi connectivity index (χ0) is 15.2. The molecule has 3 rings (SSSR count). The van der Waals surface area contributed by atoms with Crippen LogP contribution in [0, 0.1) is 0 Å². The molecule has 2 nitrogen and oxygen atoms in total. The molecule has 0 aliphatic rings. The van der Waals surface area contributed by atoms with Crippen LogP contribution in [-0.2, 0) is 0 Å². The molecule has 108 valence electrons. The Hall–Kier alpha value is -2.39. The van der Waals surface area contributed by atoms with Gasteiger partial charge in [-0.25, -0.2) is 0 Å². The van der Waals surface area contributed by atoms with Crippen LogP contribution in [0.5, 0.6) is 11.5 Å². The summed E-state index contributed by atoms with van der Waals surface area (Å²) in [6.45, 7) is 0. The van der Waals surface area contributed by atoms with Crippen molar-refractivity contribution in [1.29, 1.82) is 0 Å². The summed E-state index contributed by atoms with van der Waals surface area (Å²) in [4.78, 5) is 4.46. The lowest BCUT2D eigenvalue weighted by molar-refractivity contribution is 0.482. The number of hydrogen-bond acceptors (Lipinski definition) is 2. The molecule has 0 saturated carbocycles. The summed E-state index contributed by atoms with van der Waals surface area (Å²) >= 11 is 3.41. The van der Waals surface area contributed by atoms with E-state index in [-0.39, 0.29) is 0 Å². The molecule has 0 aliphatic heterocycles. The molecule has 0 unspecified atom stereocenters. The molecule has 0 amide bonds. The Morgan fingerprint density at radius 1 is 0.773 bits per heavy atom. The van der Waals surface area contributed by atoms with E-state index >= 15 is 0 Å². The van der Waals surface area contributed by atoms with Crippen LogP contribution < -0.4 is 4.74 Å². The van der Waals surface area contributed by atoms with Gasteiger partial charge in [-0.05, 0) is 54.1 Å². The van der Waals surface area contributed by atoms with Gasteiger partial charge in [-0.1, -0.05) is 46.3 Å². The standard InChI is InChI=1S/C19H14BrNO/c20-16-9-11-17(12-10-16)21-14-15-5-4-8-19(13-15)22-18-6-2-1-3-7-18/h1-14H. The predicted molar refractivity (Wildman–Crippen MR) is 94.4 cm³/mol. The third-order valence-corrected chi connectivity index (χ3v) is 3.55. The molecule has 0 bridgehead atoms. The van der Waals surface area contributed by atoms with Gasteiger partial charge in [-0.3, -0.25) is 4.99 Å². The van der Waals surface area contributed by atoms with E-state index in [2.05, 4.69) is 20.9 Å². The van der Waals surface area contributed by atoms with E-state index < -0.39 is 0 Å². The summed E-state index contributed by atoms with van der Waals surface area (Å²) in [6, 6.07) is 25.5. The maximum atomic E-state index is 5.82. The average Bonchev–Trinajstić information content (AvgIpc) is 2.56. The highest BCUT2D eigenvalue weighted by molar-refractivity contribution is 9.10. The van der Waals surface area contributed by atoms with Crippen molar-refractivity contribution in [2.45, 2.75) is 0 Å². The summed E-state index contributed by atoms with van der Waals surface area (Å²) in [5.74, 6) is 1.62. The van der Waals surface area contributed by atoms with Gasteiger partial charge >= 0.3 is 0 Å². The van der Waals surface area contributed by atoms with Gasteiger partial charge < -0.3 is 4.74 Å². The van der Waals surface area contributed by atoms with Crippen LogP contribution in [0.4, 0.5) is 5.69 Å². The van der Waals surface area contributed by atoms with E-state index in [1.807, 2.05) is 85.1 Å². The fourth-order valence-corrected chi connectivity index (χ4v) is 2.22. The van der Waals surface area contributed by atoms with Gasteiger partial charge in [0.05, 0.1) is 5.69 Å². The Morgan fingerprint density at radius 3 is 2.27 bits per heavy atom. The minimum atomic E-state index is 0.797. The normalized spacial score (nSPS) is 10.8. The summed E-state index contributed by atoms with van der Waals surface area (Å²) in [7, 11) is 0. The first-order chi connectivity index (χ1) is 10.8. The first-order valence-electron chi connectivity index (χ1n) is 6.92. The van der Waals surface area contributed by atoms with Crippen LogP contribution >= 0.6 is 15.9 Å². The van der Waals surface area contributed by atoms with Crippen molar-refractivity contribution in [3.8, 4) is 11.5 Å². The van der Waals surface area contributed by atoms with Crippen molar-refractivity contribution < 1.29 is 4.74 Å². The highest BCUT2D eigenvalue weighted by Gasteiger charge is 1.97. The molecule has 0 heterocycles. The molecule has 22 heavy (non-hydrogen) atoms. The van der Waals surface area contributed by atoms with E-state index in [0.29, 0.717) is 0 Å². The molecule has 3 heteroatoms. The molecule has 3 aromatic rings. The van der Waals surface area contributed by atoms with Gasteiger partial charge in [0, 0.05) is 10.7 Å². The molecule has 0 spiro atoms. The quantitative estimate of drug-likeness (QED) is 0.528. The molecular formula is C19H14BrNO. The Kier molecular flexibility index (Phi) is 4.66. The Morgan fingerprint density at radius 2 is 1.50 bits per heavy atom. The van der Waals surface area contributed by atoms with Gasteiger partial charge in [0.2, 0.25) is 0 Å². The number of nitrogens with zero attached hydrogens (tertiary/aromatic N) is 1. The molecule has 0 N–H and O–H groups in total. The monoisotopic (exact) mass is 351 g/mol. The van der Waals surface area contributed by atoms with Crippen molar-refractivity contribution in [3.05, 3.63) is 88.9 Å². The van der Waals surface area contributed by atoms with E-state index in [1.165, 1.54) is 0 Å². The lowest BCUT2D eigenvalue weighted by atomic mass is 10.2. The zero-order valence-electron chi connectivity index (χ0n) is 11.8. The third kappa shape index (κ3) is 4.06. The van der Waals surface area contributed by atoms with Crippen LogP contribution in [0.25, 0.3) is 0 Å². The predicted octanol–water partition coefficient (Wildman–Crippen LogP) is 5.99. The minimum Gasteiger partial charge on any atom is -0.457 e. The van der Waals surface area contributed by atoms with Gasteiger partial charge in [0.15, 0.2) is 0 Å². The van der Waals surface area contributed by atoms with Gasteiger partial charge in [-0.15, -0.1) is 0 Å².